The molecule has 2 aromatic rings. The van der Waals surface area contributed by atoms with E-state index in [1.807, 2.05) is 19.1 Å². The number of nitro benzene ring substituents is 1. The van der Waals surface area contributed by atoms with Crippen LogP contribution >= 0.6 is 0 Å². The fraction of sp³-hybridized carbons (Fsp3) is 0.222. The standard InChI is InChI=1S/C18H19N3O5/c1-12-4-2-3-5-15(12)18(24)19-9-8-17(23)20-11-13-10-14(21(25)26)6-7-16(13)22/h2-7,10,22H,8-9,11H2,1H3,(H,19,24)(H,20,23). The van der Waals surface area contributed by atoms with Crippen molar-refractivity contribution in [3.63, 3.8) is 0 Å². The number of non-ortho nitro benzene ring substituents is 1. The molecule has 2 amide bonds. The van der Waals surface area contributed by atoms with E-state index in [1.165, 1.54) is 18.2 Å². The van der Waals surface area contributed by atoms with E-state index in [1.54, 1.807) is 12.1 Å². The molecule has 2 rings (SSSR count). The quantitative estimate of drug-likeness (QED) is 0.517. The Hall–Kier alpha value is -3.42. The zero-order valence-electron chi connectivity index (χ0n) is 14.2. The largest absolute Gasteiger partial charge is 0.508 e. The lowest BCUT2D eigenvalue weighted by atomic mass is 10.1. The Balaban J connectivity index is 1.81. The van der Waals surface area contributed by atoms with Crippen LogP contribution in [0.2, 0.25) is 0 Å². The van der Waals surface area contributed by atoms with Crippen LogP contribution in [-0.2, 0) is 11.3 Å². The number of amides is 2. The highest BCUT2D eigenvalue weighted by atomic mass is 16.6. The van der Waals surface area contributed by atoms with Gasteiger partial charge in [0.15, 0.2) is 0 Å². The maximum atomic E-state index is 12.0. The highest BCUT2D eigenvalue weighted by Crippen LogP contribution is 2.22. The highest BCUT2D eigenvalue weighted by molar-refractivity contribution is 5.95. The average Bonchev–Trinajstić information content (AvgIpc) is 2.61. The van der Waals surface area contributed by atoms with Crippen molar-refractivity contribution >= 4 is 17.5 Å². The second-order valence-electron chi connectivity index (χ2n) is 5.67. The number of hydrogen-bond acceptors (Lipinski definition) is 5. The number of rotatable bonds is 7. The van der Waals surface area contributed by atoms with Crippen molar-refractivity contribution in [3.8, 4) is 5.75 Å². The number of carbonyl (C=O) groups excluding carboxylic acids is 2. The Morgan fingerprint density at radius 3 is 2.58 bits per heavy atom. The van der Waals surface area contributed by atoms with Crippen LogP contribution in [0.1, 0.15) is 27.9 Å². The van der Waals surface area contributed by atoms with E-state index in [-0.39, 0.29) is 48.3 Å². The van der Waals surface area contributed by atoms with Crippen LogP contribution in [0.5, 0.6) is 5.75 Å². The summed E-state index contributed by atoms with van der Waals surface area (Å²) < 4.78 is 0. The van der Waals surface area contributed by atoms with Crippen molar-refractivity contribution in [3.05, 3.63) is 69.3 Å². The van der Waals surface area contributed by atoms with E-state index in [0.717, 1.165) is 5.56 Å². The van der Waals surface area contributed by atoms with Crippen LogP contribution in [0, 0.1) is 17.0 Å². The summed E-state index contributed by atoms with van der Waals surface area (Å²) in [5.41, 5.74) is 1.47. The first kappa shape index (κ1) is 18.9. The Labute approximate surface area is 150 Å². The van der Waals surface area contributed by atoms with E-state index >= 15 is 0 Å². The third-order valence-electron chi connectivity index (χ3n) is 3.78. The van der Waals surface area contributed by atoms with Crippen molar-refractivity contribution < 1.29 is 19.6 Å². The highest BCUT2D eigenvalue weighted by Gasteiger charge is 2.12. The number of benzene rings is 2. The number of nitrogens with one attached hydrogen (secondary N) is 2. The smallest absolute Gasteiger partial charge is 0.270 e. The third-order valence-corrected chi connectivity index (χ3v) is 3.78. The summed E-state index contributed by atoms with van der Waals surface area (Å²) in [6, 6.07) is 10.7. The molecule has 0 unspecified atom stereocenters. The molecule has 8 nitrogen and oxygen atoms in total. The summed E-state index contributed by atoms with van der Waals surface area (Å²) in [5, 5.41) is 25.7. The topological polar surface area (TPSA) is 122 Å². The van der Waals surface area contributed by atoms with Crippen LogP contribution < -0.4 is 10.6 Å². The Bertz CT molecular complexity index is 835. The molecule has 0 aliphatic carbocycles. The molecule has 0 bridgehead atoms. The Kier molecular flexibility index (Phi) is 6.26. The van der Waals surface area contributed by atoms with Gasteiger partial charge in [-0.25, -0.2) is 0 Å². The van der Waals surface area contributed by atoms with Gasteiger partial charge in [0, 0.05) is 42.8 Å². The fourth-order valence-corrected chi connectivity index (χ4v) is 2.32. The van der Waals surface area contributed by atoms with Gasteiger partial charge in [0.25, 0.3) is 11.6 Å². The molecule has 0 atom stereocenters. The molecule has 136 valence electrons. The van der Waals surface area contributed by atoms with Gasteiger partial charge in [-0.1, -0.05) is 18.2 Å². The van der Waals surface area contributed by atoms with Crippen LogP contribution in [0.15, 0.2) is 42.5 Å². The second kappa shape index (κ2) is 8.61. The number of aryl methyl sites for hydroxylation is 1. The van der Waals surface area contributed by atoms with Gasteiger partial charge in [-0.05, 0) is 24.6 Å². The van der Waals surface area contributed by atoms with Gasteiger partial charge in [0.05, 0.1) is 4.92 Å². The van der Waals surface area contributed by atoms with Gasteiger partial charge < -0.3 is 15.7 Å². The lowest BCUT2D eigenvalue weighted by Crippen LogP contribution is -2.30. The summed E-state index contributed by atoms with van der Waals surface area (Å²) in [6.45, 7) is 1.94. The van der Waals surface area contributed by atoms with Crippen LogP contribution in [0.4, 0.5) is 5.69 Å². The lowest BCUT2D eigenvalue weighted by molar-refractivity contribution is -0.384. The van der Waals surface area contributed by atoms with Gasteiger partial charge in [-0.3, -0.25) is 19.7 Å². The number of phenols is 1. The van der Waals surface area contributed by atoms with Crippen LogP contribution in [0.25, 0.3) is 0 Å². The molecular weight excluding hydrogens is 338 g/mol. The Morgan fingerprint density at radius 1 is 1.15 bits per heavy atom. The van der Waals surface area contributed by atoms with E-state index in [9.17, 15) is 24.8 Å². The van der Waals surface area contributed by atoms with Crippen molar-refractivity contribution in [2.45, 2.75) is 19.9 Å². The third kappa shape index (κ3) is 5.04. The van der Waals surface area contributed by atoms with Crippen LogP contribution in [-0.4, -0.2) is 28.4 Å². The summed E-state index contributed by atoms with van der Waals surface area (Å²) in [4.78, 5) is 34.1. The molecule has 0 saturated heterocycles. The van der Waals surface area contributed by atoms with Crippen molar-refractivity contribution in [2.75, 3.05) is 6.54 Å². The monoisotopic (exact) mass is 357 g/mol. The number of nitro groups is 1. The maximum absolute atomic E-state index is 12.0. The molecule has 0 aliphatic rings. The summed E-state index contributed by atoms with van der Waals surface area (Å²) in [5.74, 6) is -0.739. The first-order valence-electron chi connectivity index (χ1n) is 7.95. The Morgan fingerprint density at radius 2 is 1.88 bits per heavy atom. The number of carbonyl (C=O) groups is 2. The van der Waals surface area contributed by atoms with Gasteiger partial charge >= 0.3 is 0 Å². The molecular formula is C18H19N3O5. The van der Waals surface area contributed by atoms with Gasteiger partial charge in [0.1, 0.15) is 5.75 Å². The molecule has 0 radical (unpaired) electrons. The summed E-state index contributed by atoms with van der Waals surface area (Å²) >= 11 is 0. The van der Waals surface area contributed by atoms with Crippen molar-refractivity contribution in [1.29, 1.82) is 0 Å². The minimum absolute atomic E-state index is 0.0436. The van der Waals surface area contributed by atoms with Crippen molar-refractivity contribution in [2.24, 2.45) is 0 Å². The van der Waals surface area contributed by atoms with Gasteiger partial charge in [-0.15, -0.1) is 0 Å². The molecule has 0 fully saturated rings. The molecule has 0 spiro atoms. The van der Waals surface area contributed by atoms with Gasteiger partial charge in [0.2, 0.25) is 5.91 Å². The van der Waals surface area contributed by atoms with E-state index in [4.69, 9.17) is 0 Å². The second-order valence-corrected chi connectivity index (χ2v) is 5.67. The normalized spacial score (nSPS) is 10.2. The van der Waals surface area contributed by atoms with E-state index in [2.05, 4.69) is 10.6 Å². The molecule has 3 N–H and O–H groups in total. The summed E-state index contributed by atoms with van der Waals surface area (Å²) in [6.07, 6.45) is 0.0489. The SMILES string of the molecule is Cc1ccccc1C(=O)NCCC(=O)NCc1cc([N+](=O)[O-])ccc1O. The van der Waals surface area contributed by atoms with E-state index in [0.29, 0.717) is 5.56 Å². The number of aromatic hydroxyl groups is 1. The molecule has 0 heterocycles. The lowest BCUT2D eigenvalue weighted by Gasteiger charge is -2.09. The number of phenolic OH excluding ortho intramolecular Hbond substituents is 1. The molecule has 0 saturated carbocycles. The van der Waals surface area contributed by atoms with Crippen LogP contribution in [0.3, 0.4) is 0 Å². The summed E-state index contributed by atoms with van der Waals surface area (Å²) in [7, 11) is 0. The predicted molar refractivity (Wildman–Crippen MR) is 94.7 cm³/mol. The maximum Gasteiger partial charge on any atom is 0.270 e. The zero-order chi connectivity index (χ0) is 19.1. The van der Waals surface area contributed by atoms with E-state index < -0.39 is 4.92 Å². The first-order chi connectivity index (χ1) is 12.4. The predicted octanol–water partition coefficient (Wildman–Crippen LogP) is 2.05. The molecule has 8 heteroatoms. The molecule has 2 aromatic carbocycles. The minimum atomic E-state index is -0.578. The number of hydrogen-bond donors (Lipinski definition) is 3. The first-order valence-corrected chi connectivity index (χ1v) is 7.95. The number of nitrogens with zero attached hydrogens (tertiary/aromatic N) is 1. The van der Waals surface area contributed by atoms with Gasteiger partial charge in [-0.2, -0.15) is 0 Å². The minimum Gasteiger partial charge on any atom is -0.508 e. The molecule has 0 aromatic heterocycles. The fourth-order valence-electron chi connectivity index (χ4n) is 2.32. The molecule has 0 aliphatic heterocycles. The molecule has 26 heavy (non-hydrogen) atoms. The van der Waals surface area contributed by atoms with Crippen molar-refractivity contribution in [1.82, 2.24) is 10.6 Å². The average molecular weight is 357 g/mol. The zero-order valence-corrected chi connectivity index (χ0v) is 14.2.